The Labute approximate surface area is 223 Å². The number of amides is 2. The van der Waals surface area contributed by atoms with Gasteiger partial charge in [-0.15, -0.1) is 0 Å². The Morgan fingerprint density at radius 1 is 1.08 bits per heavy atom. The third-order valence-corrected chi connectivity index (χ3v) is 6.78. The number of nitrogens with one attached hydrogen (secondary N) is 3. The molecule has 1 unspecified atom stereocenters. The Hall–Kier alpha value is -4.19. The molecule has 1 aliphatic heterocycles. The summed E-state index contributed by atoms with van der Waals surface area (Å²) >= 11 is 0. The first kappa shape index (κ1) is 27.8. The van der Waals surface area contributed by atoms with Crippen LogP contribution in [0.2, 0.25) is 0 Å². The van der Waals surface area contributed by atoms with Crippen molar-refractivity contribution in [3.63, 3.8) is 0 Å². The van der Waals surface area contributed by atoms with E-state index in [1.807, 2.05) is 0 Å². The molecule has 206 valence electrons. The maximum absolute atomic E-state index is 13.9. The third kappa shape index (κ3) is 7.02. The molecule has 0 spiro atoms. The summed E-state index contributed by atoms with van der Waals surface area (Å²) in [6.45, 7) is 1.30. The molecule has 9 nitrogen and oxygen atoms in total. The number of carbonyl (C=O) groups is 2. The van der Waals surface area contributed by atoms with Crippen LogP contribution in [0.4, 0.5) is 29.6 Å². The molecule has 4 rings (SSSR count). The summed E-state index contributed by atoms with van der Waals surface area (Å²) in [6.07, 6.45) is -4.20. The van der Waals surface area contributed by atoms with Gasteiger partial charge in [0.15, 0.2) is 0 Å². The number of carboxylic acid groups (broad SMARTS) is 1. The van der Waals surface area contributed by atoms with Crippen molar-refractivity contribution >= 4 is 23.6 Å². The van der Waals surface area contributed by atoms with Gasteiger partial charge in [0.2, 0.25) is 11.9 Å². The number of nitrogens with zero attached hydrogens (tertiary/aromatic N) is 2. The van der Waals surface area contributed by atoms with Gasteiger partial charge in [-0.1, -0.05) is 42.5 Å². The number of rotatable bonds is 9. The molecule has 0 saturated carbocycles. The maximum atomic E-state index is 13.9. The van der Waals surface area contributed by atoms with Crippen molar-refractivity contribution in [1.82, 2.24) is 20.6 Å². The maximum Gasteiger partial charge on any atom is 0.419 e. The quantitative estimate of drug-likeness (QED) is 0.272. The Morgan fingerprint density at radius 3 is 2.33 bits per heavy atom. The number of carbonyl (C=O) groups excluding carboxylic acids is 1. The van der Waals surface area contributed by atoms with Crippen LogP contribution in [-0.2, 0) is 22.9 Å². The summed E-state index contributed by atoms with van der Waals surface area (Å²) < 4.78 is 41.8. The second kappa shape index (κ2) is 11.7. The summed E-state index contributed by atoms with van der Waals surface area (Å²) in [7, 11) is 0. The number of aromatic nitrogens is 2. The monoisotopic (exact) mass is 542 g/mol. The summed E-state index contributed by atoms with van der Waals surface area (Å²) in [5.41, 5.74) is 5.31. The lowest BCUT2D eigenvalue weighted by molar-refractivity contribution is -0.139. The van der Waals surface area contributed by atoms with E-state index < -0.39 is 35.2 Å². The van der Waals surface area contributed by atoms with Crippen molar-refractivity contribution in [2.75, 3.05) is 18.4 Å². The molecule has 1 fully saturated rings. The molecule has 39 heavy (non-hydrogen) atoms. The zero-order valence-electron chi connectivity index (χ0n) is 21.0. The number of hydrogen-bond acceptors (Lipinski definition) is 6. The van der Waals surface area contributed by atoms with Crippen LogP contribution in [0, 0.1) is 0 Å². The zero-order valence-corrected chi connectivity index (χ0v) is 21.0. The highest BCUT2D eigenvalue weighted by Crippen LogP contribution is 2.37. The minimum absolute atomic E-state index is 0.0754. The van der Waals surface area contributed by atoms with Crippen molar-refractivity contribution in [2.24, 2.45) is 5.73 Å². The van der Waals surface area contributed by atoms with Crippen LogP contribution in [-0.4, -0.2) is 40.2 Å². The molecule has 2 amide bonds. The van der Waals surface area contributed by atoms with Gasteiger partial charge in [0.05, 0.1) is 16.8 Å². The molecule has 2 heterocycles. The molecule has 0 radical (unpaired) electrons. The Balaban J connectivity index is 1.64. The van der Waals surface area contributed by atoms with Gasteiger partial charge in [-0.2, -0.15) is 13.2 Å². The SMILES string of the molecule is NC(=O)CC(Cc1ccccc1)c1nc(Nc2ccc(C3(NC(=O)O)CCNCC3)cc2)ncc1C(F)(F)F. The van der Waals surface area contributed by atoms with E-state index in [4.69, 9.17) is 5.73 Å². The highest BCUT2D eigenvalue weighted by Gasteiger charge is 2.38. The predicted octanol–water partition coefficient (Wildman–Crippen LogP) is 4.29. The first-order valence-corrected chi connectivity index (χ1v) is 12.4. The standard InChI is InChI=1S/C27H29F3N6O3/c28-27(29,30)21-16-33-24(35-23(21)18(15-22(31)37)14-17-4-2-1-3-5-17)34-20-8-6-19(7-9-20)26(36-25(38)39)10-12-32-13-11-26/h1-9,16,18,32,36H,10-15H2,(H2,31,37)(H,38,39)(H,33,34,35). The molecule has 3 aromatic rings. The van der Waals surface area contributed by atoms with Crippen LogP contribution < -0.4 is 21.7 Å². The van der Waals surface area contributed by atoms with E-state index in [1.165, 1.54) is 0 Å². The van der Waals surface area contributed by atoms with Crippen LogP contribution in [0.1, 0.15) is 47.6 Å². The molecule has 1 aliphatic rings. The first-order valence-electron chi connectivity index (χ1n) is 12.4. The molecule has 0 bridgehead atoms. The number of piperidine rings is 1. The summed E-state index contributed by atoms with van der Waals surface area (Å²) in [5.74, 6) is -1.74. The molecule has 2 aromatic carbocycles. The van der Waals surface area contributed by atoms with Gasteiger partial charge in [0, 0.05) is 24.2 Å². The average molecular weight is 543 g/mol. The third-order valence-electron chi connectivity index (χ3n) is 6.78. The largest absolute Gasteiger partial charge is 0.465 e. The molecule has 1 aromatic heterocycles. The smallest absolute Gasteiger partial charge is 0.419 e. The van der Waals surface area contributed by atoms with Crippen molar-refractivity contribution in [1.29, 1.82) is 0 Å². The van der Waals surface area contributed by atoms with Crippen LogP contribution in [0.3, 0.4) is 0 Å². The van der Waals surface area contributed by atoms with E-state index in [0.717, 1.165) is 11.1 Å². The molecule has 1 atom stereocenters. The number of benzene rings is 2. The van der Waals surface area contributed by atoms with E-state index in [0.29, 0.717) is 37.8 Å². The minimum atomic E-state index is -4.73. The Kier molecular flexibility index (Phi) is 8.34. The van der Waals surface area contributed by atoms with Crippen LogP contribution in [0.5, 0.6) is 0 Å². The number of primary amides is 1. The van der Waals surface area contributed by atoms with Gasteiger partial charge in [-0.3, -0.25) is 4.79 Å². The van der Waals surface area contributed by atoms with E-state index >= 15 is 0 Å². The second-order valence-electron chi connectivity index (χ2n) is 9.51. The fraction of sp³-hybridized carbons (Fsp3) is 0.333. The van der Waals surface area contributed by atoms with Crippen molar-refractivity contribution in [3.05, 3.63) is 83.2 Å². The van der Waals surface area contributed by atoms with Crippen molar-refractivity contribution < 1.29 is 27.9 Å². The summed E-state index contributed by atoms with van der Waals surface area (Å²) in [6, 6.07) is 15.7. The van der Waals surface area contributed by atoms with Crippen LogP contribution in [0.15, 0.2) is 60.8 Å². The van der Waals surface area contributed by atoms with Gasteiger partial charge in [-0.25, -0.2) is 14.8 Å². The fourth-order valence-corrected chi connectivity index (χ4v) is 4.94. The minimum Gasteiger partial charge on any atom is -0.465 e. The van der Waals surface area contributed by atoms with E-state index in [-0.39, 0.29) is 24.5 Å². The van der Waals surface area contributed by atoms with Crippen LogP contribution in [0.25, 0.3) is 0 Å². The van der Waals surface area contributed by atoms with Crippen molar-refractivity contribution in [2.45, 2.75) is 43.3 Å². The molecule has 12 heteroatoms. The van der Waals surface area contributed by atoms with Gasteiger partial charge in [0.1, 0.15) is 0 Å². The normalized spacial score (nSPS) is 15.8. The first-order chi connectivity index (χ1) is 18.6. The van der Waals surface area contributed by atoms with E-state index in [2.05, 4.69) is 25.9 Å². The highest BCUT2D eigenvalue weighted by molar-refractivity contribution is 5.75. The topological polar surface area (TPSA) is 142 Å². The lowest BCUT2D eigenvalue weighted by Crippen LogP contribution is -2.51. The number of anilines is 2. The van der Waals surface area contributed by atoms with E-state index in [1.54, 1.807) is 54.6 Å². The fourth-order valence-electron chi connectivity index (χ4n) is 4.94. The van der Waals surface area contributed by atoms with Gasteiger partial charge < -0.3 is 26.8 Å². The lowest BCUT2D eigenvalue weighted by atomic mass is 9.81. The molecule has 0 aliphatic carbocycles. The predicted molar refractivity (Wildman–Crippen MR) is 138 cm³/mol. The van der Waals surface area contributed by atoms with Gasteiger partial charge in [-0.05, 0) is 55.6 Å². The molecule has 1 saturated heterocycles. The lowest BCUT2D eigenvalue weighted by Gasteiger charge is -2.38. The number of hydrogen-bond donors (Lipinski definition) is 5. The Bertz CT molecular complexity index is 1300. The van der Waals surface area contributed by atoms with Crippen molar-refractivity contribution in [3.8, 4) is 0 Å². The number of nitrogens with two attached hydrogens (primary N) is 1. The average Bonchev–Trinajstić information content (AvgIpc) is 2.88. The number of alkyl halides is 3. The molecular formula is C27H29F3N6O3. The van der Waals surface area contributed by atoms with Gasteiger partial charge >= 0.3 is 12.3 Å². The Morgan fingerprint density at radius 2 is 1.74 bits per heavy atom. The second-order valence-corrected chi connectivity index (χ2v) is 9.51. The zero-order chi connectivity index (χ0) is 28.0. The summed E-state index contributed by atoms with van der Waals surface area (Å²) in [4.78, 5) is 31.3. The number of halogens is 3. The highest BCUT2D eigenvalue weighted by atomic mass is 19.4. The molecule has 6 N–H and O–H groups in total. The summed E-state index contributed by atoms with van der Waals surface area (Å²) in [5, 5.41) is 18.1. The van der Waals surface area contributed by atoms with Crippen LogP contribution >= 0.6 is 0 Å². The van der Waals surface area contributed by atoms with Gasteiger partial charge in [0.25, 0.3) is 0 Å². The molecular weight excluding hydrogens is 513 g/mol. The van der Waals surface area contributed by atoms with E-state index in [9.17, 15) is 27.9 Å².